The summed E-state index contributed by atoms with van der Waals surface area (Å²) in [7, 11) is 3.02. The summed E-state index contributed by atoms with van der Waals surface area (Å²) in [4.78, 5) is 12.0. The minimum absolute atomic E-state index is 0.266. The predicted octanol–water partition coefficient (Wildman–Crippen LogP) is 2.67. The highest BCUT2D eigenvalue weighted by atomic mass is 35.5. The molecule has 0 heterocycles. The van der Waals surface area contributed by atoms with E-state index in [9.17, 15) is 4.79 Å². The molecule has 1 amide bonds. The molecule has 0 aliphatic rings. The lowest BCUT2D eigenvalue weighted by Crippen LogP contribution is -2.36. The van der Waals surface area contributed by atoms with Gasteiger partial charge in [0.1, 0.15) is 11.5 Å². The van der Waals surface area contributed by atoms with E-state index in [4.69, 9.17) is 26.8 Å². The lowest BCUT2D eigenvalue weighted by molar-refractivity contribution is -0.117. The molecule has 0 fully saturated rings. The summed E-state index contributed by atoms with van der Waals surface area (Å²) in [5.41, 5.74) is 6.32. The Labute approximate surface area is 124 Å². The number of carbonyl (C=O) groups excluding carboxylic acids is 1. The van der Waals surface area contributed by atoms with E-state index in [1.807, 2.05) is 13.8 Å². The number of nitrogens with one attached hydrogen (secondary N) is 1. The summed E-state index contributed by atoms with van der Waals surface area (Å²) >= 11 is 6.04. The van der Waals surface area contributed by atoms with Crippen LogP contribution in [0.25, 0.3) is 0 Å². The molecule has 1 atom stereocenters. The van der Waals surface area contributed by atoms with Gasteiger partial charge in [-0.2, -0.15) is 0 Å². The summed E-state index contributed by atoms with van der Waals surface area (Å²) in [6.07, 6.45) is 0.609. The summed E-state index contributed by atoms with van der Waals surface area (Å²) in [5.74, 6) is 1.03. The SMILES string of the molecule is COc1cc(OC)c(NC(=O)C(N)CC(C)C)cc1Cl. The average Bonchev–Trinajstić information content (AvgIpc) is 2.38. The summed E-state index contributed by atoms with van der Waals surface area (Å²) < 4.78 is 10.3. The van der Waals surface area contributed by atoms with Crippen LogP contribution in [0.1, 0.15) is 20.3 Å². The Balaban J connectivity index is 2.91. The Morgan fingerprint density at radius 1 is 1.30 bits per heavy atom. The normalized spacial score (nSPS) is 12.2. The number of amides is 1. The topological polar surface area (TPSA) is 73.6 Å². The van der Waals surface area contributed by atoms with Crippen molar-refractivity contribution in [2.75, 3.05) is 19.5 Å². The Morgan fingerprint density at radius 2 is 1.90 bits per heavy atom. The van der Waals surface area contributed by atoms with E-state index in [0.29, 0.717) is 34.5 Å². The second kappa shape index (κ2) is 7.36. The molecule has 0 aliphatic heterocycles. The number of anilines is 1. The molecule has 0 saturated carbocycles. The van der Waals surface area contributed by atoms with E-state index in [1.165, 1.54) is 14.2 Å². The number of hydrogen-bond acceptors (Lipinski definition) is 4. The van der Waals surface area contributed by atoms with Crippen molar-refractivity contribution in [3.8, 4) is 11.5 Å². The quantitative estimate of drug-likeness (QED) is 0.847. The Morgan fingerprint density at radius 3 is 2.40 bits per heavy atom. The average molecular weight is 301 g/mol. The zero-order chi connectivity index (χ0) is 15.3. The number of rotatable bonds is 6. The molecular formula is C14H21ClN2O3. The minimum atomic E-state index is -0.569. The number of nitrogens with two attached hydrogens (primary N) is 1. The van der Waals surface area contributed by atoms with Crippen molar-refractivity contribution in [2.24, 2.45) is 11.7 Å². The molecule has 3 N–H and O–H groups in total. The van der Waals surface area contributed by atoms with Gasteiger partial charge in [-0.15, -0.1) is 0 Å². The number of ether oxygens (including phenoxy) is 2. The molecule has 5 nitrogen and oxygen atoms in total. The van der Waals surface area contributed by atoms with Crippen LogP contribution in [0.15, 0.2) is 12.1 Å². The predicted molar refractivity (Wildman–Crippen MR) is 80.6 cm³/mol. The monoisotopic (exact) mass is 300 g/mol. The van der Waals surface area contributed by atoms with Gasteiger partial charge in [-0.25, -0.2) is 0 Å². The van der Waals surface area contributed by atoms with E-state index in [1.54, 1.807) is 12.1 Å². The van der Waals surface area contributed by atoms with Crippen molar-refractivity contribution in [1.29, 1.82) is 0 Å². The first kappa shape index (κ1) is 16.6. The lowest BCUT2D eigenvalue weighted by Gasteiger charge is -2.17. The summed E-state index contributed by atoms with van der Waals surface area (Å²) in [6.45, 7) is 4.02. The molecule has 112 valence electrons. The zero-order valence-corrected chi connectivity index (χ0v) is 13.0. The molecule has 1 rings (SSSR count). The molecule has 0 radical (unpaired) electrons. The van der Waals surface area contributed by atoms with Crippen LogP contribution in [0.3, 0.4) is 0 Å². The van der Waals surface area contributed by atoms with E-state index >= 15 is 0 Å². The fourth-order valence-corrected chi connectivity index (χ4v) is 2.04. The van der Waals surface area contributed by atoms with Gasteiger partial charge in [0.2, 0.25) is 5.91 Å². The Kier molecular flexibility index (Phi) is 6.10. The molecule has 0 spiro atoms. The van der Waals surface area contributed by atoms with Gasteiger partial charge < -0.3 is 20.5 Å². The van der Waals surface area contributed by atoms with Gasteiger partial charge in [0.25, 0.3) is 0 Å². The molecule has 0 bridgehead atoms. The molecule has 1 unspecified atom stereocenters. The van der Waals surface area contributed by atoms with Crippen molar-refractivity contribution in [1.82, 2.24) is 0 Å². The Bertz CT molecular complexity index is 478. The first-order chi connectivity index (χ1) is 9.38. The smallest absolute Gasteiger partial charge is 0.241 e. The number of benzene rings is 1. The van der Waals surface area contributed by atoms with E-state index in [-0.39, 0.29) is 5.91 Å². The minimum Gasteiger partial charge on any atom is -0.495 e. The third-order valence-corrected chi connectivity index (χ3v) is 3.09. The maximum absolute atomic E-state index is 12.0. The lowest BCUT2D eigenvalue weighted by atomic mass is 10.0. The summed E-state index contributed by atoms with van der Waals surface area (Å²) in [5, 5.41) is 3.12. The van der Waals surface area contributed by atoms with Crippen LogP contribution in [0.2, 0.25) is 5.02 Å². The van der Waals surface area contributed by atoms with Crippen LogP contribution in [0.5, 0.6) is 11.5 Å². The first-order valence-electron chi connectivity index (χ1n) is 6.37. The maximum atomic E-state index is 12.0. The van der Waals surface area contributed by atoms with Gasteiger partial charge in [-0.1, -0.05) is 25.4 Å². The molecule has 0 saturated heterocycles. The van der Waals surface area contributed by atoms with Crippen LogP contribution in [0, 0.1) is 5.92 Å². The largest absolute Gasteiger partial charge is 0.495 e. The van der Waals surface area contributed by atoms with Crippen LogP contribution >= 0.6 is 11.6 Å². The van der Waals surface area contributed by atoms with Crippen molar-refractivity contribution in [3.05, 3.63) is 17.2 Å². The second-order valence-electron chi connectivity index (χ2n) is 4.91. The fourth-order valence-electron chi connectivity index (χ4n) is 1.80. The van der Waals surface area contributed by atoms with E-state index in [2.05, 4.69) is 5.32 Å². The van der Waals surface area contributed by atoms with E-state index < -0.39 is 6.04 Å². The second-order valence-corrected chi connectivity index (χ2v) is 5.32. The van der Waals surface area contributed by atoms with Crippen molar-refractivity contribution in [3.63, 3.8) is 0 Å². The molecule has 6 heteroatoms. The number of methoxy groups -OCH3 is 2. The summed E-state index contributed by atoms with van der Waals surface area (Å²) in [6, 6.07) is 2.63. The van der Waals surface area contributed by atoms with Gasteiger partial charge in [0, 0.05) is 6.07 Å². The number of carbonyl (C=O) groups is 1. The van der Waals surface area contributed by atoms with Crippen molar-refractivity contribution >= 4 is 23.2 Å². The first-order valence-corrected chi connectivity index (χ1v) is 6.74. The third kappa shape index (κ3) is 4.28. The fraction of sp³-hybridized carbons (Fsp3) is 0.500. The highest BCUT2D eigenvalue weighted by Crippen LogP contribution is 2.35. The van der Waals surface area contributed by atoms with Crippen LogP contribution in [-0.4, -0.2) is 26.2 Å². The highest BCUT2D eigenvalue weighted by molar-refractivity contribution is 6.32. The molecular weight excluding hydrogens is 280 g/mol. The van der Waals surface area contributed by atoms with Crippen LogP contribution in [0.4, 0.5) is 5.69 Å². The van der Waals surface area contributed by atoms with Gasteiger partial charge in [-0.05, 0) is 18.4 Å². The molecule has 20 heavy (non-hydrogen) atoms. The molecule has 0 aliphatic carbocycles. The number of hydrogen-bond donors (Lipinski definition) is 2. The van der Waals surface area contributed by atoms with Crippen LogP contribution < -0.4 is 20.5 Å². The highest BCUT2D eigenvalue weighted by Gasteiger charge is 2.18. The van der Waals surface area contributed by atoms with Crippen molar-refractivity contribution in [2.45, 2.75) is 26.3 Å². The molecule has 0 aromatic heterocycles. The third-order valence-electron chi connectivity index (χ3n) is 2.79. The van der Waals surface area contributed by atoms with Crippen LogP contribution in [-0.2, 0) is 4.79 Å². The Hall–Kier alpha value is -1.46. The molecule has 1 aromatic carbocycles. The van der Waals surface area contributed by atoms with Crippen molar-refractivity contribution < 1.29 is 14.3 Å². The van der Waals surface area contributed by atoms with Gasteiger partial charge in [-0.3, -0.25) is 4.79 Å². The maximum Gasteiger partial charge on any atom is 0.241 e. The van der Waals surface area contributed by atoms with Gasteiger partial charge in [0.05, 0.1) is 31.0 Å². The number of halogens is 1. The molecule has 1 aromatic rings. The standard InChI is InChI=1S/C14H21ClN2O3/c1-8(2)5-10(16)14(18)17-11-6-9(15)12(19-3)7-13(11)20-4/h6-8,10H,5,16H2,1-4H3,(H,17,18). The zero-order valence-electron chi connectivity index (χ0n) is 12.2. The van der Waals surface area contributed by atoms with Gasteiger partial charge >= 0.3 is 0 Å². The van der Waals surface area contributed by atoms with Gasteiger partial charge in [0.15, 0.2) is 0 Å². The van der Waals surface area contributed by atoms with E-state index in [0.717, 1.165) is 0 Å².